The smallest absolute Gasteiger partial charge is 0.372 e. The van der Waals surface area contributed by atoms with Crippen LogP contribution in [0.4, 0.5) is 5.69 Å². The second-order valence-electron chi connectivity index (χ2n) is 5.29. The van der Waals surface area contributed by atoms with E-state index < -0.39 is 21.4 Å². The third kappa shape index (κ3) is 2.68. The number of aromatic amines is 2. The van der Waals surface area contributed by atoms with Crippen LogP contribution in [0.2, 0.25) is 0 Å². The van der Waals surface area contributed by atoms with Crippen molar-refractivity contribution in [2.75, 3.05) is 4.72 Å². The minimum Gasteiger partial charge on any atom is -0.372 e. The Morgan fingerprint density at radius 3 is 2.72 bits per heavy atom. The second kappa shape index (κ2) is 5.31. The Morgan fingerprint density at radius 2 is 1.88 bits per heavy atom. The topological polar surface area (TPSA) is 138 Å². The Bertz CT molecular complexity index is 1330. The molecule has 9 nitrogen and oxygen atoms in total. The summed E-state index contributed by atoms with van der Waals surface area (Å²) in [4.78, 5) is 25.1. The van der Waals surface area contributed by atoms with Gasteiger partial charge in [0, 0.05) is 5.39 Å². The number of nitrogens with zero attached hydrogens (tertiary/aromatic N) is 1. The number of H-pyrrole nitrogens is 2. The highest BCUT2D eigenvalue weighted by Gasteiger charge is 2.16. The largest absolute Gasteiger partial charge is 0.419 e. The lowest BCUT2D eigenvalue weighted by atomic mass is 10.2. The Labute approximate surface area is 139 Å². The number of benzene rings is 2. The van der Waals surface area contributed by atoms with E-state index in [9.17, 15) is 18.0 Å². The lowest BCUT2D eigenvalue weighted by Crippen LogP contribution is -2.16. The SMILES string of the molecule is O=c1[nH]c2ccc(S(=O)(=O)Nc3ccc4cn[nH]c4c3)cc2c(=O)o1. The lowest BCUT2D eigenvalue weighted by Gasteiger charge is -2.08. The summed E-state index contributed by atoms with van der Waals surface area (Å²) in [6, 6.07) is 8.69. The van der Waals surface area contributed by atoms with Crippen LogP contribution in [0, 0.1) is 0 Å². The maximum Gasteiger partial charge on any atom is 0.419 e. The van der Waals surface area contributed by atoms with E-state index in [-0.39, 0.29) is 15.8 Å². The first-order chi connectivity index (χ1) is 11.9. The van der Waals surface area contributed by atoms with Crippen molar-refractivity contribution in [2.24, 2.45) is 0 Å². The Balaban J connectivity index is 1.77. The van der Waals surface area contributed by atoms with Crippen molar-refractivity contribution in [2.45, 2.75) is 4.90 Å². The van der Waals surface area contributed by atoms with Crippen molar-refractivity contribution in [1.29, 1.82) is 0 Å². The molecule has 25 heavy (non-hydrogen) atoms. The fourth-order valence-corrected chi connectivity index (χ4v) is 3.53. The van der Waals surface area contributed by atoms with Crippen molar-refractivity contribution in [3.8, 4) is 0 Å². The van der Waals surface area contributed by atoms with Gasteiger partial charge < -0.3 is 4.42 Å². The number of fused-ring (bicyclic) bond motifs is 2. The number of aromatic nitrogens is 3. The molecule has 2 aromatic heterocycles. The zero-order valence-electron chi connectivity index (χ0n) is 12.4. The Morgan fingerprint density at radius 1 is 1.04 bits per heavy atom. The van der Waals surface area contributed by atoms with Crippen molar-refractivity contribution < 1.29 is 12.8 Å². The van der Waals surface area contributed by atoms with Gasteiger partial charge in [-0.15, -0.1) is 0 Å². The molecule has 10 heteroatoms. The molecular formula is C15H10N4O5S. The van der Waals surface area contributed by atoms with Crippen molar-refractivity contribution >= 4 is 37.5 Å². The third-order valence-electron chi connectivity index (χ3n) is 3.64. The second-order valence-corrected chi connectivity index (χ2v) is 6.97. The van der Waals surface area contributed by atoms with Gasteiger partial charge in [0.25, 0.3) is 10.0 Å². The molecule has 4 rings (SSSR count). The summed E-state index contributed by atoms with van der Waals surface area (Å²) in [5, 5.41) is 7.43. The van der Waals surface area contributed by atoms with Gasteiger partial charge >= 0.3 is 11.4 Å². The Kier molecular flexibility index (Phi) is 3.22. The van der Waals surface area contributed by atoms with Crippen LogP contribution < -0.4 is 16.1 Å². The lowest BCUT2D eigenvalue weighted by molar-refractivity contribution is 0.460. The zero-order chi connectivity index (χ0) is 17.6. The van der Waals surface area contributed by atoms with Gasteiger partial charge in [0.15, 0.2) is 0 Å². The predicted molar refractivity (Wildman–Crippen MR) is 90.0 cm³/mol. The molecule has 0 bridgehead atoms. The molecule has 0 saturated heterocycles. The predicted octanol–water partition coefficient (Wildman–Crippen LogP) is 1.16. The summed E-state index contributed by atoms with van der Waals surface area (Å²) < 4.78 is 32.0. The maximum absolute atomic E-state index is 12.6. The zero-order valence-corrected chi connectivity index (χ0v) is 13.3. The number of anilines is 1. The van der Waals surface area contributed by atoms with E-state index in [2.05, 4.69) is 24.3 Å². The summed E-state index contributed by atoms with van der Waals surface area (Å²) in [7, 11) is -3.94. The van der Waals surface area contributed by atoms with E-state index in [1.165, 1.54) is 12.1 Å². The van der Waals surface area contributed by atoms with Crippen LogP contribution in [0.1, 0.15) is 0 Å². The molecule has 0 aliphatic carbocycles. The molecular weight excluding hydrogens is 348 g/mol. The number of hydrogen-bond acceptors (Lipinski definition) is 6. The van der Waals surface area contributed by atoms with Crippen molar-refractivity contribution in [3.63, 3.8) is 0 Å². The van der Waals surface area contributed by atoms with E-state index in [1.807, 2.05) is 0 Å². The molecule has 0 aliphatic rings. The molecule has 0 fully saturated rings. The highest BCUT2D eigenvalue weighted by Crippen LogP contribution is 2.21. The van der Waals surface area contributed by atoms with Crippen LogP contribution in [-0.4, -0.2) is 23.6 Å². The molecule has 3 N–H and O–H groups in total. The Hall–Kier alpha value is -3.40. The number of sulfonamides is 1. The van der Waals surface area contributed by atoms with E-state index in [0.29, 0.717) is 11.2 Å². The monoisotopic (exact) mass is 358 g/mol. The summed E-state index contributed by atoms with van der Waals surface area (Å²) in [5.74, 6) is -0.904. The number of hydrogen-bond donors (Lipinski definition) is 3. The third-order valence-corrected chi connectivity index (χ3v) is 5.02. The van der Waals surface area contributed by atoms with Crippen molar-refractivity contribution in [3.05, 3.63) is 63.6 Å². The van der Waals surface area contributed by atoms with Gasteiger partial charge in [0.05, 0.1) is 33.2 Å². The highest BCUT2D eigenvalue weighted by atomic mass is 32.2. The molecule has 0 aliphatic heterocycles. The molecule has 0 saturated carbocycles. The first-order valence-electron chi connectivity index (χ1n) is 7.05. The van der Waals surface area contributed by atoms with Gasteiger partial charge in [-0.2, -0.15) is 5.10 Å². The van der Waals surface area contributed by atoms with E-state index in [0.717, 1.165) is 11.5 Å². The molecule has 0 spiro atoms. The fraction of sp³-hybridized carbons (Fsp3) is 0. The molecule has 2 aromatic carbocycles. The average Bonchev–Trinajstić information content (AvgIpc) is 3.01. The number of rotatable bonds is 3. The highest BCUT2D eigenvalue weighted by molar-refractivity contribution is 7.92. The standard InChI is InChI=1S/C15H10N4O5S/c20-14-11-6-10(3-4-12(11)17-15(21)24-14)25(22,23)19-9-2-1-8-7-16-18-13(8)5-9/h1-7,19H,(H,16,18)(H,17,21). The van der Waals surface area contributed by atoms with Crippen LogP contribution in [0.25, 0.3) is 21.8 Å². The molecule has 0 unspecified atom stereocenters. The van der Waals surface area contributed by atoms with Crippen LogP contribution >= 0.6 is 0 Å². The number of nitrogens with one attached hydrogen (secondary N) is 3. The van der Waals surface area contributed by atoms with Crippen molar-refractivity contribution in [1.82, 2.24) is 15.2 Å². The average molecular weight is 358 g/mol. The van der Waals surface area contributed by atoms with Gasteiger partial charge in [0.1, 0.15) is 0 Å². The normalized spacial score (nSPS) is 11.8. The molecule has 126 valence electrons. The quantitative estimate of drug-likeness (QED) is 0.502. The van der Waals surface area contributed by atoms with E-state index in [1.54, 1.807) is 24.4 Å². The van der Waals surface area contributed by atoms with Gasteiger partial charge in [-0.1, -0.05) is 0 Å². The minimum atomic E-state index is -3.94. The summed E-state index contributed by atoms with van der Waals surface area (Å²) in [6.45, 7) is 0. The van der Waals surface area contributed by atoms with Crippen LogP contribution in [0.15, 0.2) is 61.5 Å². The van der Waals surface area contributed by atoms with Gasteiger partial charge in [0.2, 0.25) is 0 Å². The summed E-state index contributed by atoms with van der Waals surface area (Å²) >= 11 is 0. The molecule has 0 amide bonds. The van der Waals surface area contributed by atoms with Gasteiger partial charge in [-0.25, -0.2) is 18.0 Å². The van der Waals surface area contributed by atoms with Crippen LogP contribution in [0.5, 0.6) is 0 Å². The van der Waals surface area contributed by atoms with Crippen LogP contribution in [-0.2, 0) is 10.0 Å². The summed E-state index contributed by atoms with van der Waals surface area (Å²) in [6.07, 6.45) is 1.62. The molecule has 2 heterocycles. The first-order valence-corrected chi connectivity index (χ1v) is 8.54. The summed E-state index contributed by atoms with van der Waals surface area (Å²) in [5.41, 5.74) is 0.302. The van der Waals surface area contributed by atoms with E-state index in [4.69, 9.17) is 0 Å². The van der Waals surface area contributed by atoms with Gasteiger partial charge in [-0.05, 0) is 36.4 Å². The maximum atomic E-state index is 12.6. The molecule has 0 radical (unpaired) electrons. The van der Waals surface area contributed by atoms with Gasteiger partial charge in [-0.3, -0.25) is 14.8 Å². The first kappa shape index (κ1) is 15.1. The minimum absolute atomic E-state index is 0.0357. The molecule has 4 aromatic rings. The fourth-order valence-electron chi connectivity index (χ4n) is 2.46. The van der Waals surface area contributed by atoms with E-state index >= 15 is 0 Å². The molecule has 0 atom stereocenters. The van der Waals surface area contributed by atoms with Crippen LogP contribution in [0.3, 0.4) is 0 Å².